The van der Waals surface area contributed by atoms with Crippen LogP contribution in [-0.2, 0) is 11.3 Å². The molecular formula is C26H43NO2. The van der Waals surface area contributed by atoms with Gasteiger partial charge in [-0.3, -0.25) is 0 Å². The zero-order valence-corrected chi connectivity index (χ0v) is 18.6. The van der Waals surface area contributed by atoms with Crippen LogP contribution < -0.4 is 5.32 Å². The van der Waals surface area contributed by atoms with Crippen molar-refractivity contribution in [3.05, 3.63) is 35.9 Å². The van der Waals surface area contributed by atoms with Crippen LogP contribution in [0.15, 0.2) is 30.3 Å². The van der Waals surface area contributed by atoms with Crippen molar-refractivity contribution in [1.29, 1.82) is 0 Å². The molecule has 4 atom stereocenters. The molecular weight excluding hydrogens is 358 g/mol. The second-order valence-electron chi connectivity index (χ2n) is 9.56. The van der Waals surface area contributed by atoms with Crippen molar-refractivity contribution in [2.75, 3.05) is 6.61 Å². The first-order valence-electron chi connectivity index (χ1n) is 12.3. The summed E-state index contributed by atoms with van der Waals surface area (Å²) in [6.45, 7) is 3.76. The minimum absolute atomic E-state index is 0.0998. The number of ether oxygens (including phenoxy) is 1. The van der Waals surface area contributed by atoms with Crippen molar-refractivity contribution in [3.8, 4) is 0 Å². The van der Waals surface area contributed by atoms with E-state index in [1.165, 1.54) is 76.2 Å². The van der Waals surface area contributed by atoms with E-state index in [9.17, 15) is 5.11 Å². The number of hydrogen-bond acceptors (Lipinski definition) is 3. The van der Waals surface area contributed by atoms with Gasteiger partial charge in [-0.05, 0) is 56.4 Å². The first kappa shape index (κ1) is 22.8. The Hall–Kier alpha value is -0.900. The summed E-state index contributed by atoms with van der Waals surface area (Å²) >= 11 is 0. The second-order valence-corrected chi connectivity index (χ2v) is 9.56. The monoisotopic (exact) mass is 401 g/mol. The van der Waals surface area contributed by atoms with E-state index in [0.29, 0.717) is 18.2 Å². The minimum atomic E-state index is -0.0998. The Labute approximate surface area is 178 Å². The van der Waals surface area contributed by atoms with Gasteiger partial charge >= 0.3 is 0 Å². The SMILES string of the molecule is CCCCCC[C@@H](O)CC[C@@H]1CCCC[C@]12CC[C@@H](COCc1ccccc1)N2. The Morgan fingerprint density at radius 3 is 2.76 bits per heavy atom. The molecule has 1 spiro atoms. The molecule has 1 aliphatic carbocycles. The van der Waals surface area contributed by atoms with Crippen LogP contribution in [0, 0.1) is 5.92 Å². The second kappa shape index (κ2) is 12.1. The quantitative estimate of drug-likeness (QED) is 0.422. The lowest BCUT2D eigenvalue weighted by molar-refractivity contribution is 0.0809. The third-order valence-electron chi connectivity index (χ3n) is 7.31. The number of aliphatic hydroxyl groups excluding tert-OH is 1. The number of benzene rings is 1. The van der Waals surface area contributed by atoms with Crippen molar-refractivity contribution >= 4 is 0 Å². The van der Waals surface area contributed by atoms with Crippen LogP contribution in [0.5, 0.6) is 0 Å². The van der Waals surface area contributed by atoms with Crippen LogP contribution in [0.2, 0.25) is 0 Å². The molecule has 1 saturated heterocycles. The van der Waals surface area contributed by atoms with Crippen LogP contribution in [0.25, 0.3) is 0 Å². The molecule has 0 unspecified atom stereocenters. The molecule has 3 rings (SSSR count). The molecule has 1 aromatic carbocycles. The van der Waals surface area contributed by atoms with Gasteiger partial charge in [-0.15, -0.1) is 0 Å². The van der Waals surface area contributed by atoms with E-state index in [2.05, 4.69) is 42.6 Å². The maximum Gasteiger partial charge on any atom is 0.0717 e. The maximum atomic E-state index is 10.4. The maximum absolute atomic E-state index is 10.4. The van der Waals surface area contributed by atoms with Gasteiger partial charge in [0.1, 0.15) is 0 Å². The summed E-state index contributed by atoms with van der Waals surface area (Å²) in [5.74, 6) is 0.723. The Balaban J connectivity index is 1.41. The normalized spacial score (nSPS) is 28.1. The molecule has 29 heavy (non-hydrogen) atoms. The summed E-state index contributed by atoms with van der Waals surface area (Å²) in [5, 5.41) is 14.5. The molecule has 0 aromatic heterocycles. The average molecular weight is 402 g/mol. The summed E-state index contributed by atoms with van der Waals surface area (Å²) in [6, 6.07) is 11.0. The molecule has 1 heterocycles. The van der Waals surface area contributed by atoms with Gasteiger partial charge in [0, 0.05) is 11.6 Å². The van der Waals surface area contributed by atoms with Gasteiger partial charge in [0.2, 0.25) is 0 Å². The van der Waals surface area contributed by atoms with E-state index >= 15 is 0 Å². The Morgan fingerprint density at radius 2 is 1.93 bits per heavy atom. The largest absolute Gasteiger partial charge is 0.393 e. The summed E-state index contributed by atoms with van der Waals surface area (Å²) in [7, 11) is 0. The average Bonchev–Trinajstić information content (AvgIpc) is 3.14. The highest BCUT2D eigenvalue weighted by atomic mass is 16.5. The molecule has 2 aliphatic rings. The van der Waals surface area contributed by atoms with E-state index in [4.69, 9.17) is 4.74 Å². The van der Waals surface area contributed by atoms with E-state index < -0.39 is 0 Å². The molecule has 0 radical (unpaired) electrons. The van der Waals surface area contributed by atoms with Crippen molar-refractivity contribution in [2.45, 2.75) is 115 Å². The molecule has 0 amide bonds. The van der Waals surface area contributed by atoms with E-state index in [1.807, 2.05) is 0 Å². The van der Waals surface area contributed by atoms with Crippen molar-refractivity contribution < 1.29 is 9.84 Å². The van der Waals surface area contributed by atoms with Crippen LogP contribution in [-0.4, -0.2) is 29.4 Å². The van der Waals surface area contributed by atoms with Crippen LogP contribution >= 0.6 is 0 Å². The van der Waals surface area contributed by atoms with Gasteiger partial charge in [-0.1, -0.05) is 75.8 Å². The van der Waals surface area contributed by atoms with E-state index in [-0.39, 0.29) is 6.10 Å². The highest BCUT2D eigenvalue weighted by Gasteiger charge is 2.45. The summed E-state index contributed by atoms with van der Waals surface area (Å²) in [6.07, 6.45) is 15.9. The first-order valence-corrected chi connectivity index (χ1v) is 12.3. The molecule has 2 fully saturated rings. The van der Waals surface area contributed by atoms with E-state index in [1.54, 1.807) is 0 Å². The van der Waals surface area contributed by atoms with E-state index in [0.717, 1.165) is 25.4 Å². The molecule has 164 valence electrons. The predicted octanol–water partition coefficient (Wildman–Crippen LogP) is 6.00. The fraction of sp³-hybridized carbons (Fsp3) is 0.769. The highest BCUT2D eigenvalue weighted by Crippen LogP contribution is 2.43. The molecule has 3 nitrogen and oxygen atoms in total. The van der Waals surface area contributed by atoms with Gasteiger partial charge in [0.25, 0.3) is 0 Å². The van der Waals surface area contributed by atoms with Gasteiger partial charge in [0.05, 0.1) is 19.3 Å². The summed E-state index contributed by atoms with van der Waals surface area (Å²) in [5.41, 5.74) is 1.56. The minimum Gasteiger partial charge on any atom is -0.393 e. The lowest BCUT2D eigenvalue weighted by Gasteiger charge is -2.43. The number of aliphatic hydroxyl groups is 1. The number of nitrogens with one attached hydrogen (secondary N) is 1. The standard InChI is InChI=1S/C26H43NO2/c1-2-3-4-8-14-25(28)16-15-23-13-9-10-18-26(23)19-17-24(27-26)21-29-20-22-11-6-5-7-12-22/h5-7,11-12,23-25,27-28H,2-4,8-10,13-21H2,1H3/t23-,24-,25+,26-/m0/s1. The Bertz CT molecular complexity index is 563. The van der Waals surface area contributed by atoms with Gasteiger partial charge in [-0.2, -0.15) is 0 Å². The third-order valence-corrected chi connectivity index (χ3v) is 7.31. The fourth-order valence-electron chi connectivity index (χ4n) is 5.60. The number of unbranched alkanes of at least 4 members (excludes halogenated alkanes) is 3. The smallest absolute Gasteiger partial charge is 0.0717 e. The molecule has 3 heteroatoms. The predicted molar refractivity (Wildman–Crippen MR) is 121 cm³/mol. The first-order chi connectivity index (χ1) is 14.2. The van der Waals surface area contributed by atoms with Crippen LogP contribution in [0.3, 0.4) is 0 Å². The molecule has 1 aromatic rings. The number of hydrogen-bond donors (Lipinski definition) is 2. The highest BCUT2D eigenvalue weighted by molar-refractivity contribution is 5.13. The lowest BCUT2D eigenvalue weighted by Crippen LogP contribution is -2.51. The third kappa shape index (κ3) is 7.08. The van der Waals surface area contributed by atoms with Gasteiger partial charge in [0.15, 0.2) is 0 Å². The van der Waals surface area contributed by atoms with Gasteiger partial charge in [-0.25, -0.2) is 0 Å². The zero-order valence-electron chi connectivity index (χ0n) is 18.6. The number of rotatable bonds is 12. The topological polar surface area (TPSA) is 41.5 Å². The van der Waals surface area contributed by atoms with Crippen molar-refractivity contribution in [1.82, 2.24) is 5.32 Å². The molecule has 1 saturated carbocycles. The van der Waals surface area contributed by atoms with Gasteiger partial charge < -0.3 is 15.2 Å². The van der Waals surface area contributed by atoms with Crippen LogP contribution in [0.1, 0.15) is 96.0 Å². The molecule has 1 aliphatic heterocycles. The Kier molecular flexibility index (Phi) is 9.48. The summed E-state index contributed by atoms with van der Waals surface area (Å²) < 4.78 is 6.03. The molecule has 0 bridgehead atoms. The molecule has 2 N–H and O–H groups in total. The lowest BCUT2D eigenvalue weighted by atomic mass is 9.70. The summed E-state index contributed by atoms with van der Waals surface area (Å²) in [4.78, 5) is 0. The fourth-order valence-corrected chi connectivity index (χ4v) is 5.60. The van der Waals surface area contributed by atoms with Crippen molar-refractivity contribution in [3.63, 3.8) is 0 Å². The van der Waals surface area contributed by atoms with Crippen LogP contribution in [0.4, 0.5) is 0 Å². The zero-order chi connectivity index (χ0) is 20.4. The van der Waals surface area contributed by atoms with Crippen molar-refractivity contribution in [2.24, 2.45) is 5.92 Å². The Morgan fingerprint density at radius 1 is 1.07 bits per heavy atom.